The summed E-state index contributed by atoms with van der Waals surface area (Å²) in [6.45, 7) is 5.92. The first kappa shape index (κ1) is 12.6. The number of benzene rings is 1. The van der Waals surface area contributed by atoms with Gasteiger partial charge >= 0.3 is 5.97 Å². The van der Waals surface area contributed by atoms with E-state index in [4.69, 9.17) is 21.4 Å². The summed E-state index contributed by atoms with van der Waals surface area (Å²) >= 11 is 6.02. The Kier molecular flexibility index (Phi) is 4.38. The molecule has 1 aromatic carbocycles. The molecule has 1 aromatic rings. The molecule has 0 spiro atoms. The van der Waals surface area contributed by atoms with Crippen molar-refractivity contribution in [2.45, 2.75) is 13.3 Å². The molecule has 0 fully saturated rings. The van der Waals surface area contributed by atoms with Crippen LogP contribution in [0.1, 0.15) is 12.5 Å². The highest BCUT2D eigenvalue weighted by Crippen LogP contribution is 2.28. The van der Waals surface area contributed by atoms with Crippen LogP contribution in [0.3, 0.4) is 0 Å². The first-order chi connectivity index (χ1) is 7.50. The molecule has 4 heteroatoms. The average molecular weight is 241 g/mol. The van der Waals surface area contributed by atoms with Crippen LogP contribution in [0.5, 0.6) is 5.75 Å². The van der Waals surface area contributed by atoms with Crippen LogP contribution in [0.4, 0.5) is 0 Å². The summed E-state index contributed by atoms with van der Waals surface area (Å²) in [5, 5.41) is 9.04. The molecule has 0 bridgehead atoms. The Balaban J connectivity index is 2.85. The van der Waals surface area contributed by atoms with Crippen molar-refractivity contribution in [2.24, 2.45) is 0 Å². The number of halogens is 1. The highest BCUT2D eigenvalue weighted by molar-refractivity contribution is 6.33. The minimum Gasteiger partial charge on any atom is -0.488 e. The summed E-state index contributed by atoms with van der Waals surface area (Å²) in [5.41, 5.74) is 1.42. The van der Waals surface area contributed by atoms with Gasteiger partial charge in [-0.15, -0.1) is 0 Å². The Morgan fingerprint density at radius 2 is 2.25 bits per heavy atom. The van der Waals surface area contributed by atoms with E-state index in [2.05, 4.69) is 6.58 Å². The minimum atomic E-state index is -0.918. The van der Waals surface area contributed by atoms with Gasteiger partial charge in [0.15, 0.2) is 0 Å². The zero-order chi connectivity index (χ0) is 12.1. The van der Waals surface area contributed by atoms with Gasteiger partial charge in [0.2, 0.25) is 0 Å². The van der Waals surface area contributed by atoms with Crippen LogP contribution < -0.4 is 4.74 Å². The van der Waals surface area contributed by atoms with E-state index >= 15 is 0 Å². The third-order valence-corrected chi connectivity index (χ3v) is 2.29. The monoisotopic (exact) mass is 240 g/mol. The van der Waals surface area contributed by atoms with Gasteiger partial charge in [-0.1, -0.05) is 30.3 Å². The van der Waals surface area contributed by atoms with E-state index in [1.807, 2.05) is 6.92 Å². The van der Waals surface area contributed by atoms with E-state index in [0.29, 0.717) is 22.9 Å². The molecule has 0 amide bonds. The minimum absolute atomic E-state index is 0.108. The maximum atomic E-state index is 10.6. The van der Waals surface area contributed by atoms with Crippen molar-refractivity contribution in [3.63, 3.8) is 0 Å². The number of rotatable bonds is 5. The second kappa shape index (κ2) is 5.56. The molecule has 0 radical (unpaired) electrons. The fraction of sp³-hybridized carbons (Fsp3) is 0.250. The normalized spacial score (nSPS) is 9.88. The summed E-state index contributed by atoms with van der Waals surface area (Å²) in [5.74, 6) is -0.428. The lowest BCUT2D eigenvalue weighted by atomic mass is 10.1. The molecule has 0 saturated carbocycles. The zero-order valence-corrected chi connectivity index (χ0v) is 9.75. The zero-order valence-electron chi connectivity index (χ0n) is 9.00. The van der Waals surface area contributed by atoms with Crippen LogP contribution >= 0.6 is 11.6 Å². The van der Waals surface area contributed by atoms with Gasteiger partial charge < -0.3 is 9.84 Å². The van der Waals surface area contributed by atoms with Gasteiger partial charge in [0, 0.05) is 0 Å². The number of aliphatic carboxylic acids is 1. The molecule has 0 aliphatic heterocycles. The molecule has 1 N–H and O–H groups in total. The van der Waals surface area contributed by atoms with Crippen molar-refractivity contribution in [3.8, 4) is 5.75 Å². The lowest BCUT2D eigenvalue weighted by Gasteiger charge is -2.10. The number of carbonyl (C=O) groups is 1. The molecule has 0 aliphatic carbocycles. The molecule has 0 heterocycles. The summed E-state index contributed by atoms with van der Waals surface area (Å²) in [6.07, 6.45) is -0.108. The highest BCUT2D eigenvalue weighted by atomic mass is 35.5. The Labute approximate surface area is 99.3 Å². The summed E-state index contributed by atoms with van der Waals surface area (Å²) in [4.78, 5) is 10.6. The largest absolute Gasteiger partial charge is 0.488 e. The van der Waals surface area contributed by atoms with Crippen molar-refractivity contribution in [3.05, 3.63) is 40.9 Å². The topological polar surface area (TPSA) is 46.5 Å². The first-order valence-corrected chi connectivity index (χ1v) is 5.15. The van der Waals surface area contributed by atoms with Crippen molar-refractivity contribution < 1.29 is 14.6 Å². The molecule has 0 unspecified atom stereocenters. The van der Waals surface area contributed by atoms with Crippen LogP contribution in [0.25, 0.3) is 0 Å². The van der Waals surface area contributed by atoms with E-state index in [0.717, 1.165) is 5.57 Å². The standard InChI is InChI=1S/C12H13ClO3/c1-8(2)7-16-10-5-3-4-9(12(10)13)6-11(14)15/h3-5H,1,6-7H2,2H3,(H,14,15). The molecule has 16 heavy (non-hydrogen) atoms. The molecule has 0 atom stereocenters. The van der Waals surface area contributed by atoms with Gasteiger partial charge in [-0.05, 0) is 24.1 Å². The van der Waals surface area contributed by atoms with Crippen molar-refractivity contribution >= 4 is 17.6 Å². The number of carboxylic acid groups (broad SMARTS) is 1. The molecule has 86 valence electrons. The van der Waals surface area contributed by atoms with Gasteiger partial charge in [0.25, 0.3) is 0 Å². The second-order valence-corrected chi connectivity index (χ2v) is 3.92. The van der Waals surface area contributed by atoms with E-state index in [9.17, 15) is 4.79 Å². The predicted octanol–water partition coefficient (Wildman–Crippen LogP) is 2.92. The van der Waals surface area contributed by atoms with E-state index in [1.54, 1.807) is 18.2 Å². The number of carboxylic acids is 1. The maximum absolute atomic E-state index is 10.6. The molecule has 3 nitrogen and oxygen atoms in total. The molecule has 1 rings (SSSR count). The number of ether oxygens (including phenoxy) is 1. The van der Waals surface area contributed by atoms with Crippen LogP contribution in [0.2, 0.25) is 5.02 Å². The summed E-state index contributed by atoms with van der Waals surface area (Å²) < 4.78 is 5.40. The van der Waals surface area contributed by atoms with Gasteiger partial charge in [-0.2, -0.15) is 0 Å². The van der Waals surface area contributed by atoms with Crippen LogP contribution in [-0.4, -0.2) is 17.7 Å². The first-order valence-electron chi connectivity index (χ1n) is 4.77. The van der Waals surface area contributed by atoms with Gasteiger partial charge in [-0.25, -0.2) is 0 Å². The molecular weight excluding hydrogens is 228 g/mol. The fourth-order valence-electron chi connectivity index (χ4n) is 1.17. The quantitative estimate of drug-likeness (QED) is 0.805. The SMILES string of the molecule is C=C(C)COc1cccc(CC(=O)O)c1Cl. The fourth-order valence-corrected chi connectivity index (χ4v) is 1.42. The Morgan fingerprint density at radius 3 is 2.81 bits per heavy atom. The third-order valence-electron chi connectivity index (χ3n) is 1.86. The summed E-state index contributed by atoms with van der Waals surface area (Å²) in [7, 11) is 0. The van der Waals surface area contributed by atoms with Crippen molar-refractivity contribution in [2.75, 3.05) is 6.61 Å². The lowest BCUT2D eigenvalue weighted by Crippen LogP contribution is -2.03. The van der Waals surface area contributed by atoms with E-state index in [-0.39, 0.29) is 6.42 Å². The smallest absolute Gasteiger partial charge is 0.307 e. The Morgan fingerprint density at radius 1 is 1.56 bits per heavy atom. The third kappa shape index (κ3) is 3.59. The number of hydrogen-bond acceptors (Lipinski definition) is 2. The highest BCUT2D eigenvalue weighted by Gasteiger charge is 2.10. The molecule has 0 saturated heterocycles. The van der Waals surface area contributed by atoms with Gasteiger partial charge in [0.1, 0.15) is 12.4 Å². The maximum Gasteiger partial charge on any atom is 0.307 e. The van der Waals surface area contributed by atoms with E-state index < -0.39 is 5.97 Å². The molecular formula is C12H13ClO3. The number of hydrogen-bond donors (Lipinski definition) is 1. The molecule has 0 aromatic heterocycles. The van der Waals surface area contributed by atoms with Crippen molar-refractivity contribution in [1.82, 2.24) is 0 Å². The molecule has 0 aliphatic rings. The van der Waals surface area contributed by atoms with Gasteiger partial charge in [0.05, 0.1) is 11.4 Å². The van der Waals surface area contributed by atoms with Crippen LogP contribution in [-0.2, 0) is 11.2 Å². The van der Waals surface area contributed by atoms with Crippen LogP contribution in [0, 0.1) is 0 Å². The Hall–Kier alpha value is -1.48. The van der Waals surface area contributed by atoms with E-state index in [1.165, 1.54) is 0 Å². The summed E-state index contributed by atoms with van der Waals surface area (Å²) in [6, 6.07) is 5.10. The van der Waals surface area contributed by atoms with Gasteiger partial charge in [-0.3, -0.25) is 4.79 Å². The van der Waals surface area contributed by atoms with Crippen LogP contribution in [0.15, 0.2) is 30.4 Å². The van der Waals surface area contributed by atoms with Crippen molar-refractivity contribution in [1.29, 1.82) is 0 Å². The lowest BCUT2D eigenvalue weighted by molar-refractivity contribution is -0.136. The second-order valence-electron chi connectivity index (χ2n) is 3.55. The average Bonchev–Trinajstić information content (AvgIpc) is 2.18. The predicted molar refractivity (Wildman–Crippen MR) is 63.1 cm³/mol. The Bertz CT molecular complexity index is 413.